The van der Waals surface area contributed by atoms with Gasteiger partial charge in [0.15, 0.2) is 0 Å². The fraction of sp³-hybridized carbons (Fsp3) is 0.611. The van der Waals surface area contributed by atoms with Crippen molar-refractivity contribution in [3.05, 3.63) is 35.4 Å². The molecule has 3 heteroatoms. The Morgan fingerprint density at radius 3 is 2.38 bits per heavy atom. The number of aliphatic carboxylic acids is 1. The van der Waals surface area contributed by atoms with Gasteiger partial charge in [0.1, 0.15) is 0 Å². The Bertz CT molecular complexity index is 478. The van der Waals surface area contributed by atoms with E-state index < -0.39 is 5.97 Å². The van der Waals surface area contributed by atoms with E-state index in [2.05, 4.69) is 43.1 Å². The maximum absolute atomic E-state index is 11.3. The van der Waals surface area contributed by atoms with Crippen molar-refractivity contribution < 1.29 is 9.90 Å². The summed E-state index contributed by atoms with van der Waals surface area (Å²) in [6.45, 7) is 3.02. The molecule has 0 aromatic heterocycles. The number of nitrogens with zero attached hydrogens (tertiary/aromatic N) is 1. The van der Waals surface area contributed by atoms with Crippen LogP contribution < -0.4 is 0 Å². The molecule has 0 heterocycles. The third-order valence-corrected chi connectivity index (χ3v) is 4.98. The second-order valence-electron chi connectivity index (χ2n) is 6.33. The molecule has 1 saturated carbocycles. The standard InChI is InChI=1S/C18H27NO2/c1-3-15-9-5-6-10-16(15)14-19(2)18(13-17(20)21)11-7-4-8-12-18/h5-6,9-10H,3-4,7-8,11-14H2,1-2H3,(H,20,21). The lowest BCUT2D eigenvalue weighted by atomic mass is 9.78. The number of hydrogen-bond acceptors (Lipinski definition) is 2. The van der Waals surface area contributed by atoms with Crippen LogP contribution in [0, 0.1) is 0 Å². The summed E-state index contributed by atoms with van der Waals surface area (Å²) in [6, 6.07) is 8.50. The molecule has 1 aromatic carbocycles. The molecule has 1 aromatic rings. The molecule has 0 atom stereocenters. The van der Waals surface area contributed by atoms with Crippen molar-refractivity contribution in [2.24, 2.45) is 0 Å². The van der Waals surface area contributed by atoms with Crippen molar-refractivity contribution in [3.8, 4) is 0 Å². The number of carboxylic acids is 1. The molecule has 21 heavy (non-hydrogen) atoms. The molecular weight excluding hydrogens is 262 g/mol. The molecule has 1 fully saturated rings. The summed E-state index contributed by atoms with van der Waals surface area (Å²) in [5.74, 6) is -0.674. The number of hydrogen-bond donors (Lipinski definition) is 1. The van der Waals surface area contributed by atoms with E-state index in [1.807, 2.05) is 0 Å². The van der Waals surface area contributed by atoms with E-state index in [0.29, 0.717) is 0 Å². The van der Waals surface area contributed by atoms with Crippen molar-refractivity contribution in [2.45, 2.75) is 64.0 Å². The van der Waals surface area contributed by atoms with Crippen LogP contribution in [0.4, 0.5) is 0 Å². The lowest BCUT2D eigenvalue weighted by molar-refractivity contribution is -0.141. The molecule has 0 unspecified atom stereocenters. The molecule has 0 aliphatic heterocycles. The van der Waals surface area contributed by atoms with Crippen LogP contribution in [0.15, 0.2) is 24.3 Å². The third kappa shape index (κ3) is 3.85. The summed E-state index contributed by atoms with van der Waals surface area (Å²) >= 11 is 0. The average molecular weight is 289 g/mol. The average Bonchev–Trinajstić information content (AvgIpc) is 2.48. The fourth-order valence-corrected chi connectivity index (χ4v) is 3.66. The number of carbonyl (C=O) groups is 1. The molecule has 0 radical (unpaired) electrons. The van der Waals surface area contributed by atoms with Gasteiger partial charge in [-0.25, -0.2) is 0 Å². The van der Waals surface area contributed by atoms with E-state index in [1.54, 1.807) is 0 Å². The van der Waals surface area contributed by atoms with Gasteiger partial charge < -0.3 is 5.11 Å². The molecule has 0 amide bonds. The summed E-state index contributed by atoms with van der Waals surface area (Å²) in [7, 11) is 2.10. The Morgan fingerprint density at radius 2 is 1.81 bits per heavy atom. The predicted octanol–water partition coefficient (Wildman–Crippen LogP) is 3.86. The minimum atomic E-state index is -0.674. The zero-order chi connectivity index (χ0) is 15.3. The minimum absolute atomic E-state index is 0.162. The molecule has 0 spiro atoms. The number of carboxylic acid groups (broad SMARTS) is 1. The molecule has 0 bridgehead atoms. The number of aryl methyl sites for hydroxylation is 1. The highest BCUT2D eigenvalue weighted by molar-refractivity contribution is 5.68. The highest BCUT2D eigenvalue weighted by atomic mass is 16.4. The summed E-state index contributed by atoms with van der Waals surface area (Å²) < 4.78 is 0. The Morgan fingerprint density at radius 1 is 1.19 bits per heavy atom. The Kier molecular flexibility index (Phi) is 5.40. The second kappa shape index (κ2) is 7.08. The van der Waals surface area contributed by atoms with Gasteiger partial charge in [-0.05, 0) is 37.4 Å². The van der Waals surface area contributed by atoms with Crippen molar-refractivity contribution in [2.75, 3.05) is 7.05 Å². The van der Waals surface area contributed by atoms with Crippen LogP contribution in [0.3, 0.4) is 0 Å². The Balaban J connectivity index is 2.18. The van der Waals surface area contributed by atoms with Crippen LogP contribution >= 0.6 is 0 Å². The number of benzene rings is 1. The lowest BCUT2D eigenvalue weighted by Crippen LogP contribution is -2.49. The molecule has 2 rings (SSSR count). The van der Waals surface area contributed by atoms with Gasteiger partial charge in [-0.3, -0.25) is 9.69 Å². The summed E-state index contributed by atoms with van der Waals surface area (Å²) in [4.78, 5) is 13.6. The first-order chi connectivity index (χ1) is 10.1. The minimum Gasteiger partial charge on any atom is -0.481 e. The largest absolute Gasteiger partial charge is 0.481 e. The van der Waals surface area contributed by atoms with Crippen LogP contribution in [0.1, 0.15) is 56.6 Å². The van der Waals surface area contributed by atoms with Crippen LogP contribution in [0.5, 0.6) is 0 Å². The monoisotopic (exact) mass is 289 g/mol. The van der Waals surface area contributed by atoms with Crippen LogP contribution in [-0.4, -0.2) is 28.6 Å². The predicted molar refractivity (Wildman–Crippen MR) is 85.4 cm³/mol. The Hall–Kier alpha value is -1.35. The van der Waals surface area contributed by atoms with E-state index in [9.17, 15) is 9.90 Å². The van der Waals surface area contributed by atoms with E-state index in [0.717, 1.165) is 38.6 Å². The summed E-state index contributed by atoms with van der Waals surface area (Å²) in [6.07, 6.45) is 6.82. The molecule has 3 nitrogen and oxygen atoms in total. The normalized spacial score (nSPS) is 17.9. The highest BCUT2D eigenvalue weighted by Gasteiger charge is 2.38. The second-order valence-corrected chi connectivity index (χ2v) is 6.33. The zero-order valence-electron chi connectivity index (χ0n) is 13.3. The van der Waals surface area contributed by atoms with Gasteiger partial charge in [0.2, 0.25) is 0 Å². The molecular formula is C18H27NO2. The summed E-state index contributed by atoms with van der Waals surface area (Å²) in [5, 5.41) is 9.32. The maximum Gasteiger partial charge on any atom is 0.305 e. The molecule has 1 N–H and O–H groups in total. The van der Waals surface area contributed by atoms with E-state index in [1.165, 1.54) is 17.5 Å². The maximum atomic E-state index is 11.3. The van der Waals surface area contributed by atoms with Crippen LogP contribution in [0.25, 0.3) is 0 Å². The van der Waals surface area contributed by atoms with Gasteiger partial charge in [0.25, 0.3) is 0 Å². The smallest absolute Gasteiger partial charge is 0.305 e. The highest BCUT2D eigenvalue weighted by Crippen LogP contribution is 2.36. The first kappa shape index (κ1) is 16.0. The van der Waals surface area contributed by atoms with Crippen LogP contribution in [-0.2, 0) is 17.8 Å². The van der Waals surface area contributed by atoms with E-state index >= 15 is 0 Å². The Labute approximate surface area is 128 Å². The number of rotatable bonds is 6. The molecule has 0 saturated heterocycles. The summed E-state index contributed by atoms with van der Waals surface area (Å²) in [5.41, 5.74) is 2.54. The van der Waals surface area contributed by atoms with Crippen LogP contribution in [0.2, 0.25) is 0 Å². The lowest BCUT2D eigenvalue weighted by Gasteiger charge is -2.44. The zero-order valence-corrected chi connectivity index (χ0v) is 13.3. The van der Waals surface area contributed by atoms with E-state index in [4.69, 9.17) is 0 Å². The molecule has 116 valence electrons. The van der Waals surface area contributed by atoms with Crippen molar-refractivity contribution >= 4 is 5.97 Å². The quantitative estimate of drug-likeness (QED) is 0.864. The van der Waals surface area contributed by atoms with Gasteiger partial charge in [0.05, 0.1) is 6.42 Å². The van der Waals surface area contributed by atoms with Gasteiger partial charge in [-0.2, -0.15) is 0 Å². The molecule has 1 aliphatic rings. The van der Waals surface area contributed by atoms with Crippen molar-refractivity contribution in [1.82, 2.24) is 4.90 Å². The third-order valence-electron chi connectivity index (χ3n) is 4.98. The first-order valence-electron chi connectivity index (χ1n) is 8.07. The SMILES string of the molecule is CCc1ccccc1CN(C)C1(CC(=O)O)CCCCC1. The fourth-order valence-electron chi connectivity index (χ4n) is 3.66. The van der Waals surface area contributed by atoms with Crippen molar-refractivity contribution in [1.29, 1.82) is 0 Å². The topological polar surface area (TPSA) is 40.5 Å². The van der Waals surface area contributed by atoms with Gasteiger partial charge in [-0.1, -0.05) is 50.5 Å². The van der Waals surface area contributed by atoms with Crippen molar-refractivity contribution in [3.63, 3.8) is 0 Å². The molecule has 1 aliphatic carbocycles. The first-order valence-corrected chi connectivity index (χ1v) is 8.07. The van der Waals surface area contributed by atoms with E-state index in [-0.39, 0.29) is 12.0 Å². The van der Waals surface area contributed by atoms with Gasteiger partial charge >= 0.3 is 5.97 Å². The van der Waals surface area contributed by atoms with Gasteiger partial charge in [0, 0.05) is 12.1 Å². The van der Waals surface area contributed by atoms with Gasteiger partial charge in [-0.15, -0.1) is 0 Å².